The van der Waals surface area contributed by atoms with E-state index in [4.69, 9.17) is 4.74 Å². The highest BCUT2D eigenvalue weighted by Crippen LogP contribution is 2.23. The van der Waals surface area contributed by atoms with Crippen LogP contribution in [0.4, 0.5) is 5.69 Å². The van der Waals surface area contributed by atoms with Crippen molar-refractivity contribution in [3.05, 3.63) is 83.7 Å². The standard InChI is InChI=1S/C22H20N2O7S/c1-29-21(25)15-10-16(22(26)30-2)12-20(11-15)32(27,28)24-17-7-5-8-19(13-17)31-14-18-6-3-4-9-23-18/h3-13,24H,14H2,1-2H3. The molecule has 1 N–H and O–H groups in total. The Hall–Kier alpha value is -3.92. The van der Waals surface area contributed by atoms with Crippen molar-refractivity contribution in [1.82, 2.24) is 4.98 Å². The van der Waals surface area contributed by atoms with Crippen molar-refractivity contribution in [2.75, 3.05) is 18.9 Å². The summed E-state index contributed by atoms with van der Waals surface area (Å²) in [5.41, 5.74) is 0.728. The SMILES string of the molecule is COC(=O)c1cc(C(=O)OC)cc(S(=O)(=O)Nc2cccc(OCc3ccccn3)c2)c1. The maximum atomic E-state index is 13.0. The summed E-state index contributed by atoms with van der Waals surface area (Å²) in [5.74, 6) is -1.16. The Morgan fingerprint density at radius 1 is 0.906 bits per heavy atom. The zero-order chi connectivity index (χ0) is 23.1. The fourth-order valence-corrected chi connectivity index (χ4v) is 3.85. The predicted molar refractivity (Wildman–Crippen MR) is 115 cm³/mol. The molecule has 3 rings (SSSR count). The summed E-state index contributed by atoms with van der Waals surface area (Å²) < 4.78 is 43.3. The van der Waals surface area contributed by atoms with Gasteiger partial charge in [-0.05, 0) is 42.5 Å². The van der Waals surface area contributed by atoms with Gasteiger partial charge in [-0.1, -0.05) is 12.1 Å². The number of ether oxygens (including phenoxy) is 3. The van der Waals surface area contributed by atoms with Crippen LogP contribution >= 0.6 is 0 Å². The molecule has 0 atom stereocenters. The molecule has 0 saturated heterocycles. The highest BCUT2D eigenvalue weighted by Gasteiger charge is 2.21. The van der Waals surface area contributed by atoms with Crippen molar-refractivity contribution in [2.24, 2.45) is 0 Å². The summed E-state index contributed by atoms with van der Waals surface area (Å²) in [4.78, 5) is 27.7. The molecule has 0 aliphatic heterocycles. The van der Waals surface area contributed by atoms with Crippen LogP contribution in [0.3, 0.4) is 0 Å². The van der Waals surface area contributed by atoms with Gasteiger partial charge in [-0.15, -0.1) is 0 Å². The summed E-state index contributed by atoms with van der Waals surface area (Å²) in [5, 5.41) is 0. The first-order valence-corrected chi connectivity index (χ1v) is 10.8. The number of carbonyl (C=O) groups excluding carboxylic acids is 2. The Morgan fingerprint density at radius 3 is 2.19 bits per heavy atom. The Bertz CT molecular complexity index is 1190. The van der Waals surface area contributed by atoms with Crippen LogP contribution in [-0.4, -0.2) is 39.6 Å². The van der Waals surface area contributed by atoms with E-state index in [1.807, 2.05) is 6.07 Å². The average Bonchev–Trinajstić information content (AvgIpc) is 2.82. The molecule has 32 heavy (non-hydrogen) atoms. The van der Waals surface area contributed by atoms with Crippen molar-refractivity contribution in [3.63, 3.8) is 0 Å². The molecule has 0 aliphatic carbocycles. The Labute approximate surface area is 185 Å². The third-order valence-electron chi connectivity index (χ3n) is 4.26. The van der Waals surface area contributed by atoms with Crippen LogP contribution in [0.2, 0.25) is 0 Å². The summed E-state index contributed by atoms with van der Waals surface area (Å²) in [6.07, 6.45) is 1.65. The monoisotopic (exact) mass is 456 g/mol. The third kappa shape index (κ3) is 5.61. The van der Waals surface area contributed by atoms with Crippen LogP contribution in [0.5, 0.6) is 5.75 Å². The number of hydrogen-bond acceptors (Lipinski definition) is 8. The topological polar surface area (TPSA) is 121 Å². The van der Waals surface area contributed by atoms with Crippen LogP contribution in [0.25, 0.3) is 0 Å². The van der Waals surface area contributed by atoms with Crippen molar-refractivity contribution < 1.29 is 32.2 Å². The predicted octanol–water partition coefficient (Wildman–Crippen LogP) is 3.03. The molecule has 1 heterocycles. The van der Waals surface area contributed by atoms with Crippen LogP contribution < -0.4 is 9.46 Å². The van der Waals surface area contributed by atoms with Gasteiger partial charge >= 0.3 is 11.9 Å². The summed E-state index contributed by atoms with van der Waals surface area (Å²) >= 11 is 0. The zero-order valence-corrected chi connectivity index (χ0v) is 18.1. The number of anilines is 1. The first-order valence-electron chi connectivity index (χ1n) is 9.29. The largest absolute Gasteiger partial charge is 0.487 e. The van der Waals surface area contributed by atoms with Crippen molar-refractivity contribution in [2.45, 2.75) is 11.5 Å². The lowest BCUT2D eigenvalue weighted by Gasteiger charge is -2.12. The fourth-order valence-electron chi connectivity index (χ4n) is 2.73. The lowest BCUT2D eigenvalue weighted by Crippen LogP contribution is -2.16. The number of pyridine rings is 1. The number of rotatable bonds is 8. The maximum Gasteiger partial charge on any atom is 0.337 e. The number of nitrogens with one attached hydrogen (secondary N) is 1. The number of hydrogen-bond donors (Lipinski definition) is 1. The average molecular weight is 456 g/mol. The smallest absolute Gasteiger partial charge is 0.337 e. The van der Waals surface area contributed by atoms with E-state index in [-0.39, 0.29) is 28.3 Å². The van der Waals surface area contributed by atoms with Crippen LogP contribution in [0, 0.1) is 0 Å². The number of nitrogens with zero attached hydrogens (tertiary/aromatic N) is 1. The Morgan fingerprint density at radius 2 is 1.59 bits per heavy atom. The first kappa shape index (κ1) is 22.8. The van der Waals surface area contributed by atoms with Gasteiger partial charge in [-0.25, -0.2) is 18.0 Å². The molecule has 3 aromatic rings. The van der Waals surface area contributed by atoms with Gasteiger partial charge < -0.3 is 14.2 Å². The van der Waals surface area contributed by atoms with Gasteiger partial charge in [-0.2, -0.15) is 0 Å². The molecule has 0 radical (unpaired) electrons. The summed E-state index contributed by atoms with van der Waals surface area (Å²) in [7, 11) is -1.86. The maximum absolute atomic E-state index is 13.0. The Kier molecular flexibility index (Phi) is 7.06. The zero-order valence-electron chi connectivity index (χ0n) is 17.3. The minimum absolute atomic E-state index is 0.108. The van der Waals surface area contributed by atoms with E-state index in [0.717, 1.165) is 26.4 Å². The van der Waals surface area contributed by atoms with Crippen molar-refractivity contribution >= 4 is 27.6 Å². The van der Waals surface area contributed by atoms with E-state index in [2.05, 4.69) is 19.2 Å². The number of esters is 2. The fraction of sp³-hybridized carbons (Fsp3) is 0.136. The lowest BCUT2D eigenvalue weighted by atomic mass is 10.1. The van der Waals surface area contributed by atoms with Crippen LogP contribution in [0.15, 0.2) is 71.8 Å². The highest BCUT2D eigenvalue weighted by atomic mass is 32.2. The van der Waals surface area contributed by atoms with Gasteiger partial charge in [0.15, 0.2) is 0 Å². The van der Waals surface area contributed by atoms with Gasteiger partial charge in [0.2, 0.25) is 0 Å². The third-order valence-corrected chi connectivity index (χ3v) is 5.62. The van der Waals surface area contributed by atoms with Gasteiger partial charge in [0, 0.05) is 12.3 Å². The second-order valence-electron chi connectivity index (χ2n) is 6.47. The van der Waals surface area contributed by atoms with Crippen molar-refractivity contribution in [1.29, 1.82) is 0 Å². The quantitative estimate of drug-likeness (QED) is 0.514. The molecule has 0 spiro atoms. The lowest BCUT2D eigenvalue weighted by molar-refractivity contribution is 0.0598. The second-order valence-corrected chi connectivity index (χ2v) is 8.15. The van der Waals surface area contributed by atoms with E-state index < -0.39 is 22.0 Å². The molecule has 1 aromatic heterocycles. The van der Waals surface area contributed by atoms with Crippen molar-refractivity contribution in [3.8, 4) is 5.75 Å². The molecular formula is C22H20N2O7S. The molecule has 0 aliphatic rings. The molecule has 0 amide bonds. The molecule has 10 heteroatoms. The number of methoxy groups -OCH3 is 2. The molecule has 0 saturated carbocycles. The molecule has 2 aromatic carbocycles. The van der Waals surface area contributed by atoms with E-state index in [1.54, 1.807) is 30.5 Å². The van der Waals surface area contributed by atoms with Gasteiger partial charge in [-0.3, -0.25) is 9.71 Å². The minimum atomic E-state index is -4.16. The minimum Gasteiger partial charge on any atom is -0.487 e. The van der Waals surface area contributed by atoms with Crippen LogP contribution in [-0.2, 0) is 26.1 Å². The van der Waals surface area contributed by atoms with Gasteiger partial charge in [0.05, 0.1) is 41.6 Å². The normalized spacial score (nSPS) is 10.8. The first-order chi connectivity index (χ1) is 15.3. The highest BCUT2D eigenvalue weighted by molar-refractivity contribution is 7.92. The number of sulfonamides is 1. The molecule has 9 nitrogen and oxygen atoms in total. The van der Waals surface area contributed by atoms with E-state index in [1.165, 1.54) is 18.2 Å². The van der Waals surface area contributed by atoms with E-state index >= 15 is 0 Å². The molecule has 0 fully saturated rings. The summed E-state index contributed by atoms with van der Waals surface area (Å²) in [6.45, 7) is 0.209. The molecular weight excluding hydrogens is 436 g/mol. The summed E-state index contributed by atoms with van der Waals surface area (Å²) in [6, 6.07) is 15.2. The number of carbonyl (C=O) groups is 2. The molecule has 0 bridgehead atoms. The number of benzene rings is 2. The van der Waals surface area contributed by atoms with E-state index in [0.29, 0.717) is 11.4 Å². The second kappa shape index (κ2) is 9.92. The van der Waals surface area contributed by atoms with Gasteiger partial charge in [0.1, 0.15) is 12.4 Å². The molecule has 0 unspecified atom stereocenters. The number of aromatic nitrogens is 1. The Balaban J connectivity index is 1.85. The van der Waals surface area contributed by atoms with Crippen LogP contribution in [0.1, 0.15) is 26.4 Å². The van der Waals surface area contributed by atoms with E-state index in [9.17, 15) is 18.0 Å². The van der Waals surface area contributed by atoms with Gasteiger partial charge in [0.25, 0.3) is 10.0 Å². The molecule has 166 valence electrons.